The fraction of sp³-hybridized carbons (Fsp3) is 0.310. The van der Waals surface area contributed by atoms with Crippen molar-refractivity contribution in [3.8, 4) is 5.75 Å². The molecule has 1 spiro atoms. The van der Waals surface area contributed by atoms with Crippen molar-refractivity contribution >= 4 is 45.7 Å². The summed E-state index contributed by atoms with van der Waals surface area (Å²) in [5.41, 5.74) is 3.17. The zero-order valence-corrected chi connectivity index (χ0v) is 22.7. The second-order valence-corrected chi connectivity index (χ2v) is 10.3. The summed E-state index contributed by atoms with van der Waals surface area (Å²) in [5, 5.41) is 8.15. The van der Waals surface area contributed by atoms with Gasteiger partial charge < -0.3 is 25.0 Å². The number of aliphatic imine (C=N–C) groups is 1. The van der Waals surface area contributed by atoms with Crippen LogP contribution in [0, 0.1) is 0 Å². The van der Waals surface area contributed by atoms with Crippen LogP contribution in [0.1, 0.15) is 25.5 Å². The number of rotatable bonds is 6. The average molecular weight is 544 g/mol. The van der Waals surface area contributed by atoms with Crippen molar-refractivity contribution in [2.45, 2.75) is 38.0 Å². The van der Waals surface area contributed by atoms with E-state index >= 15 is 0 Å². The number of likely N-dealkylation sites (N-methyl/N-ethyl adjacent to an activating group) is 1. The maximum atomic E-state index is 6.53. The minimum absolute atomic E-state index is 0.0243. The topological polar surface area (TPSA) is 96.8 Å². The molecule has 1 atom stereocenters. The van der Waals surface area contributed by atoms with Gasteiger partial charge in [-0.05, 0) is 81.4 Å². The standard InChI is InChI=1S/C29H30ClN7O2/c1-19-29(10-13-31-14-11-29)37(2)28(39-19)36-20-6-8-25-23(15-20)27(34-18-33-25)35-21-7-9-26(24(30)16-21)38-17-22-5-3-4-12-32-22/h3-9,12,15-16,18-19,31H,10-11,13-14,17H2,1-2H3,(H,33,34,35)/b36-28-. The Morgan fingerprint density at radius 2 is 2.00 bits per heavy atom. The maximum Gasteiger partial charge on any atom is 0.293 e. The molecule has 4 aromatic rings. The summed E-state index contributed by atoms with van der Waals surface area (Å²) in [6, 6.07) is 17.8. The first-order valence-electron chi connectivity index (χ1n) is 13.1. The number of nitrogens with one attached hydrogen (secondary N) is 2. The molecule has 10 heteroatoms. The van der Waals surface area contributed by atoms with Crippen molar-refractivity contribution in [3.63, 3.8) is 0 Å². The van der Waals surface area contributed by atoms with E-state index < -0.39 is 0 Å². The van der Waals surface area contributed by atoms with E-state index in [-0.39, 0.29) is 11.6 Å². The molecule has 0 aliphatic carbocycles. The summed E-state index contributed by atoms with van der Waals surface area (Å²) in [4.78, 5) is 20.3. The lowest BCUT2D eigenvalue weighted by atomic mass is 9.83. The monoisotopic (exact) mass is 543 g/mol. The van der Waals surface area contributed by atoms with E-state index in [1.54, 1.807) is 12.5 Å². The highest BCUT2D eigenvalue weighted by Crippen LogP contribution is 2.38. The molecule has 0 amide bonds. The Balaban J connectivity index is 1.23. The number of benzene rings is 2. The maximum absolute atomic E-state index is 6.53. The van der Waals surface area contributed by atoms with Crippen LogP contribution in [0.25, 0.3) is 10.9 Å². The van der Waals surface area contributed by atoms with Gasteiger partial charge in [-0.25, -0.2) is 9.97 Å². The Hall–Kier alpha value is -3.95. The predicted octanol–water partition coefficient (Wildman–Crippen LogP) is 5.46. The van der Waals surface area contributed by atoms with Gasteiger partial charge in [-0.1, -0.05) is 17.7 Å². The molecule has 2 saturated heterocycles. The number of anilines is 2. The summed E-state index contributed by atoms with van der Waals surface area (Å²) in [5.74, 6) is 1.24. The van der Waals surface area contributed by atoms with Crippen LogP contribution >= 0.6 is 11.6 Å². The van der Waals surface area contributed by atoms with E-state index in [4.69, 9.17) is 26.1 Å². The molecule has 4 heterocycles. The number of fused-ring (bicyclic) bond motifs is 1. The van der Waals surface area contributed by atoms with Crippen LogP contribution < -0.4 is 15.4 Å². The van der Waals surface area contributed by atoms with Crippen molar-refractivity contribution in [2.24, 2.45) is 4.99 Å². The van der Waals surface area contributed by atoms with Gasteiger partial charge in [0, 0.05) is 24.3 Å². The van der Waals surface area contributed by atoms with E-state index in [0.717, 1.165) is 53.9 Å². The Kier molecular flexibility index (Phi) is 6.93. The number of hydrogen-bond donors (Lipinski definition) is 2. The summed E-state index contributed by atoms with van der Waals surface area (Å²) in [6.07, 6.45) is 5.40. The largest absolute Gasteiger partial charge is 0.486 e. The van der Waals surface area contributed by atoms with Crippen LogP contribution in [0.5, 0.6) is 5.75 Å². The molecule has 1 unspecified atom stereocenters. The minimum Gasteiger partial charge on any atom is -0.486 e. The first kappa shape index (κ1) is 25.3. The first-order chi connectivity index (χ1) is 19.0. The molecule has 2 aliphatic heterocycles. The Morgan fingerprint density at radius 3 is 2.79 bits per heavy atom. The van der Waals surface area contributed by atoms with Crippen LogP contribution in [0.4, 0.5) is 17.2 Å². The fourth-order valence-corrected chi connectivity index (χ4v) is 5.54. The number of nitrogens with zero attached hydrogens (tertiary/aromatic N) is 5. The summed E-state index contributed by atoms with van der Waals surface area (Å²) in [6.45, 7) is 4.44. The summed E-state index contributed by atoms with van der Waals surface area (Å²) < 4.78 is 12.1. The van der Waals surface area contributed by atoms with Crippen LogP contribution in [0.15, 0.2) is 72.1 Å². The number of halogens is 1. The van der Waals surface area contributed by atoms with Crippen molar-refractivity contribution in [2.75, 3.05) is 25.5 Å². The summed E-state index contributed by atoms with van der Waals surface area (Å²) >= 11 is 6.53. The van der Waals surface area contributed by atoms with Crippen molar-refractivity contribution in [1.29, 1.82) is 0 Å². The third-order valence-corrected chi connectivity index (χ3v) is 7.90. The molecule has 0 saturated carbocycles. The molecule has 0 radical (unpaired) electrons. The quantitative estimate of drug-likeness (QED) is 0.331. The Bertz CT molecular complexity index is 1510. The van der Waals surface area contributed by atoms with Crippen molar-refractivity contribution in [1.82, 2.24) is 25.2 Å². The van der Waals surface area contributed by atoms with Crippen LogP contribution in [0.3, 0.4) is 0 Å². The normalized spacial score (nSPS) is 19.4. The molecule has 0 bridgehead atoms. The Labute approximate surface area is 232 Å². The highest BCUT2D eigenvalue weighted by molar-refractivity contribution is 6.32. The smallest absolute Gasteiger partial charge is 0.293 e. The highest BCUT2D eigenvalue weighted by atomic mass is 35.5. The van der Waals surface area contributed by atoms with E-state index in [1.807, 2.05) is 54.6 Å². The second kappa shape index (κ2) is 10.7. The van der Waals surface area contributed by atoms with Crippen LogP contribution in [-0.2, 0) is 11.3 Å². The number of ether oxygens (including phenoxy) is 2. The minimum atomic E-state index is -0.0243. The van der Waals surface area contributed by atoms with E-state index in [2.05, 4.69) is 44.5 Å². The molecule has 9 nitrogen and oxygen atoms in total. The number of pyridine rings is 1. The lowest BCUT2D eigenvalue weighted by Gasteiger charge is -2.40. The molecule has 2 aromatic heterocycles. The zero-order valence-electron chi connectivity index (χ0n) is 21.9. The van der Waals surface area contributed by atoms with Gasteiger partial charge in [0.15, 0.2) is 0 Å². The van der Waals surface area contributed by atoms with Crippen molar-refractivity contribution < 1.29 is 9.47 Å². The second-order valence-electron chi connectivity index (χ2n) is 9.87. The van der Waals surface area contributed by atoms with Gasteiger partial charge in [0.05, 0.1) is 27.5 Å². The van der Waals surface area contributed by atoms with Crippen LogP contribution in [-0.4, -0.2) is 57.7 Å². The Morgan fingerprint density at radius 1 is 1.13 bits per heavy atom. The lowest BCUT2D eigenvalue weighted by Crippen LogP contribution is -2.54. The van der Waals surface area contributed by atoms with E-state index in [1.165, 1.54) is 0 Å². The molecule has 2 aromatic carbocycles. The number of amidine groups is 1. The third-order valence-electron chi connectivity index (χ3n) is 7.60. The SMILES string of the molecule is CC1O/C(=N\c2ccc3ncnc(Nc4ccc(OCc5ccccn5)c(Cl)c4)c3c2)N(C)C12CCNCC2. The lowest BCUT2D eigenvalue weighted by molar-refractivity contribution is 0.0899. The molecule has 6 rings (SSSR count). The molecule has 39 heavy (non-hydrogen) atoms. The molecule has 2 aliphatic rings. The number of hydrogen-bond acceptors (Lipinski definition) is 8. The van der Waals surface area contributed by atoms with E-state index in [0.29, 0.717) is 29.2 Å². The van der Waals surface area contributed by atoms with Gasteiger partial charge in [0.2, 0.25) is 0 Å². The third kappa shape index (κ3) is 5.07. The number of piperidine rings is 1. The fourth-order valence-electron chi connectivity index (χ4n) is 5.30. The molecule has 2 fully saturated rings. The highest BCUT2D eigenvalue weighted by Gasteiger charge is 2.50. The molecular formula is C29H30ClN7O2. The molecular weight excluding hydrogens is 514 g/mol. The van der Waals surface area contributed by atoms with Gasteiger partial charge in [-0.3, -0.25) is 4.98 Å². The van der Waals surface area contributed by atoms with Gasteiger partial charge >= 0.3 is 0 Å². The number of aromatic nitrogens is 3. The molecule has 2 N–H and O–H groups in total. The van der Waals surface area contributed by atoms with E-state index in [9.17, 15) is 0 Å². The zero-order chi connectivity index (χ0) is 26.8. The van der Waals surface area contributed by atoms with Gasteiger partial charge in [-0.2, -0.15) is 4.99 Å². The van der Waals surface area contributed by atoms with Gasteiger partial charge in [-0.15, -0.1) is 0 Å². The van der Waals surface area contributed by atoms with Crippen LogP contribution in [0.2, 0.25) is 5.02 Å². The molecule has 200 valence electrons. The van der Waals surface area contributed by atoms with Gasteiger partial charge in [0.1, 0.15) is 30.6 Å². The predicted molar refractivity (Wildman–Crippen MR) is 153 cm³/mol. The first-order valence-corrected chi connectivity index (χ1v) is 13.4. The summed E-state index contributed by atoms with van der Waals surface area (Å²) in [7, 11) is 2.08. The van der Waals surface area contributed by atoms with Gasteiger partial charge in [0.25, 0.3) is 6.02 Å². The van der Waals surface area contributed by atoms with Crippen molar-refractivity contribution in [3.05, 3.63) is 77.8 Å². The average Bonchev–Trinajstić information content (AvgIpc) is 3.17.